The number of alkyl halides is 4. The van der Waals surface area contributed by atoms with Gasteiger partial charge in [-0.25, -0.2) is 13.6 Å². The number of hydrogen-bond acceptors (Lipinski definition) is 2. The Morgan fingerprint density at radius 1 is 1.28 bits per heavy atom. The second-order valence-corrected chi connectivity index (χ2v) is 4.18. The maximum absolute atomic E-state index is 12.4. The van der Waals surface area contributed by atoms with Gasteiger partial charge in [0.25, 0.3) is 0 Å². The molecule has 0 spiro atoms. The van der Waals surface area contributed by atoms with Gasteiger partial charge in [0.05, 0.1) is 12.0 Å². The number of nitrogens with one attached hydrogen (secondary N) is 2. The lowest BCUT2D eigenvalue weighted by molar-refractivity contribution is -0.143. The van der Waals surface area contributed by atoms with Crippen LogP contribution in [0.25, 0.3) is 0 Å². The van der Waals surface area contributed by atoms with Gasteiger partial charge >= 0.3 is 24.3 Å². The highest BCUT2D eigenvalue weighted by Gasteiger charge is 2.50. The lowest BCUT2D eigenvalue weighted by atomic mass is 10.1. The van der Waals surface area contributed by atoms with E-state index in [0.717, 1.165) is 0 Å². The maximum Gasteiger partial charge on any atom is 0.324 e. The summed E-state index contributed by atoms with van der Waals surface area (Å²) in [6.45, 7) is -1.72. The van der Waals surface area contributed by atoms with Crippen LogP contribution in [-0.2, 0) is 4.79 Å². The van der Waals surface area contributed by atoms with E-state index in [2.05, 4.69) is 5.32 Å². The number of carbonyl (C=O) groups is 2. The van der Waals surface area contributed by atoms with E-state index < -0.39 is 36.3 Å². The highest BCUT2D eigenvalue weighted by atomic mass is 19.3. The molecule has 104 valence electrons. The van der Waals surface area contributed by atoms with E-state index in [-0.39, 0.29) is 6.54 Å². The molecule has 0 aromatic heterocycles. The monoisotopic (exact) mass is 272 g/mol. The molecule has 0 aliphatic heterocycles. The molecule has 0 atom stereocenters. The van der Waals surface area contributed by atoms with Gasteiger partial charge in [-0.3, -0.25) is 4.79 Å². The van der Waals surface area contributed by atoms with Crippen LogP contribution in [0.5, 0.6) is 0 Å². The minimum Gasteiger partial charge on any atom is -0.481 e. The van der Waals surface area contributed by atoms with Gasteiger partial charge in [0.15, 0.2) is 0 Å². The minimum absolute atomic E-state index is 0.214. The fourth-order valence-electron chi connectivity index (χ4n) is 1.20. The molecule has 1 rings (SSSR count). The molecule has 0 aromatic rings. The fraction of sp³-hybridized carbons (Fsp3) is 0.778. The molecule has 1 saturated carbocycles. The van der Waals surface area contributed by atoms with E-state index >= 15 is 0 Å². The molecule has 0 unspecified atom stereocenters. The third-order valence-electron chi connectivity index (χ3n) is 2.70. The predicted molar refractivity (Wildman–Crippen MR) is 51.7 cm³/mol. The van der Waals surface area contributed by atoms with Gasteiger partial charge in [0.2, 0.25) is 0 Å². The number of aliphatic carboxylic acids is 1. The Balaban J connectivity index is 2.29. The molecule has 0 aromatic carbocycles. The summed E-state index contributed by atoms with van der Waals surface area (Å²) in [4.78, 5) is 21.7. The summed E-state index contributed by atoms with van der Waals surface area (Å²) < 4.78 is 48.4. The first kappa shape index (κ1) is 14.5. The lowest BCUT2D eigenvalue weighted by Crippen LogP contribution is -2.47. The first-order valence-corrected chi connectivity index (χ1v) is 5.11. The van der Waals surface area contributed by atoms with Crippen LogP contribution >= 0.6 is 0 Å². The van der Waals surface area contributed by atoms with Gasteiger partial charge in [-0.1, -0.05) is 0 Å². The van der Waals surface area contributed by atoms with Crippen molar-refractivity contribution in [2.75, 3.05) is 13.1 Å². The van der Waals surface area contributed by atoms with Crippen molar-refractivity contribution >= 4 is 12.0 Å². The van der Waals surface area contributed by atoms with E-state index in [1.54, 1.807) is 5.32 Å². The second-order valence-electron chi connectivity index (χ2n) is 4.18. The van der Waals surface area contributed by atoms with E-state index in [9.17, 15) is 27.2 Å². The van der Waals surface area contributed by atoms with Gasteiger partial charge in [-0.15, -0.1) is 0 Å². The van der Waals surface area contributed by atoms with Crippen LogP contribution in [0.3, 0.4) is 0 Å². The quantitative estimate of drug-likeness (QED) is 0.632. The Bertz CT molecular complexity index is 345. The predicted octanol–water partition coefficient (Wildman–Crippen LogP) is 1.05. The molecule has 3 N–H and O–H groups in total. The SMILES string of the molecule is O=C(NCC1(C(=O)O)CC1)NCC(F)(F)C(F)F. The second kappa shape index (κ2) is 4.99. The van der Waals surface area contributed by atoms with Crippen LogP contribution in [0.15, 0.2) is 0 Å². The third kappa shape index (κ3) is 3.47. The van der Waals surface area contributed by atoms with E-state index in [4.69, 9.17) is 5.11 Å². The van der Waals surface area contributed by atoms with Gasteiger partial charge in [-0.05, 0) is 12.8 Å². The van der Waals surface area contributed by atoms with Crippen LogP contribution in [-0.4, -0.2) is 42.5 Å². The first-order chi connectivity index (χ1) is 8.19. The van der Waals surface area contributed by atoms with Crippen molar-refractivity contribution < 1.29 is 32.3 Å². The number of carboxylic acids is 1. The molecule has 1 aliphatic carbocycles. The standard InChI is InChI=1S/C9H12F4N2O3/c10-5(11)9(12,13)4-15-7(18)14-3-8(1-2-8)6(16)17/h5H,1-4H2,(H,16,17)(H2,14,15,18). The normalized spacial score (nSPS) is 17.4. The van der Waals surface area contributed by atoms with Crippen molar-refractivity contribution in [2.45, 2.75) is 25.2 Å². The highest BCUT2D eigenvalue weighted by molar-refractivity contribution is 5.80. The number of carbonyl (C=O) groups excluding carboxylic acids is 1. The zero-order valence-corrected chi connectivity index (χ0v) is 9.18. The molecule has 18 heavy (non-hydrogen) atoms. The summed E-state index contributed by atoms with van der Waals surface area (Å²) >= 11 is 0. The summed E-state index contributed by atoms with van der Waals surface area (Å²) in [6.07, 6.45) is -3.10. The zero-order valence-electron chi connectivity index (χ0n) is 9.18. The van der Waals surface area contributed by atoms with Crippen LogP contribution in [0.1, 0.15) is 12.8 Å². The van der Waals surface area contributed by atoms with Crippen LogP contribution in [0.4, 0.5) is 22.4 Å². The van der Waals surface area contributed by atoms with Gasteiger partial charge in [0.1, 0.15) is 0 Å². The largest absolute Gasteiger partial charge is 0.481 e. The average molecular weight is 272 g/mol. The van der Waals surface area contributed by atoms with Crippen molar-refractivity contribution in [3.63, 3.8) is 0 Å². The minimum atomic E-state index is -4.30. The van der Waals surface area contributed by atoms with Crippen molar-refractivity contribution in [3.8, 4) is 0 Å². The van der Waals surface area contributed by atoms with Crippen LogP contribution in [0, 0.1) is 5.41 Å². The van der Waals surface area contributed by atoms with E-state index in [1.807, 2.05) is 0 Å². The molecule has 9 heteroatoms. The van der Waals surface area contributed by atoms with E-state index in [1.165, 1.54) is 0 Å². The summed E-state index contributed by atoms with van der Waals surface area (Å²) in [5.74, 6) is -5.39. The Kier molecular flexibility index (Phi) is 4.02. The summed E-state index contributed by atoms with van der Waals surface area (Å²) in [5, 5.41) is 12.4. The molecule has 0 saturated heterocycles. The summed E-state index contributed by atoms with van der Waals surface area (Å²) in [6, 6.07) is -1.09. The summed E-state index contributed by atoms with van der Waals surface area (Å²) in [7, 11) is 0. The molecule has 0 radical (unpaired) electrons. The number of amides is 2. The summed E-state index contributed by atoms with van der Waals surface area (Å²) in [5.41, 5.74) is -1.04. The molecule has 1 fully saturated rings. The van der Waals surface area contributed by atoms with Crippen molar-refractivity contribution in [1.82, 2.24) is 10.6 Å². The molecule has 5 nitrogen and oxygen atoms in total. The lowest BCUT2D eigenvalue weighted by Gasteiger charge is -2.17. The third-order valence-corrected chi connectivity index (χ3v) is 2.70. The first-order valence-electron chi connectivity index (χ1n) is 5.11. The Morgan fingerprint density at radius 3 is 2.22 bits per heavy atom. The fourth-order valence-corrected chi connectivity index (χ4v) is 1.20. The maximum atomic E-state index is 12.4. The van der Waals surface area contributed by atoms with Crippen molar-refractivity contribution in [1.29, 1.82) is 0 Å². The number of urea groups is 1. The topological polar surface area (TPSA) is 78.4 Å². The molecule has 1 aliphatic rings. The van der Waals surface area contributed by atoms with Crippen molar-refractivity contribution in [2.24, 2.45) is 5.41 Å². The van der Waals surface area contributed by atoms with Gasteiger partial charge in [-0.2, -0.15) is 8.78 Å². The number of carboxylic acid groups (broad SMARTS) is 1. The van der Waals surface area contributed by atoms with Crippen LogP contribution < -0.4 is 10.6 Å². The molecule has 0 heterocycles. The number of halogens is 4. The number of hydrogen-bond donors (Lipinski definition) is 3. The van der Waals surface area contributed by atoms with Gasteiger partial charge < -0.3 is 15.7 Å². The Morgan fingerprint density at radius 2 is 1.83 bits per heavy atom. The van der Waals surface area contributed by atoms with Crippen molar-refractivity contribution in [3.05, 3.63) is 0 Å². The van der Waals surface area contributed by atoms with E-state index in [0.29, 0.717) is 12.8 Å². The molecule has 2 amide bonds. The molecular formula is C9H12F4N2O3. The average Bonchev–Trinajstić information content (AvgIpc) is 3.04. The highest BCUT2D eigenvalue weighted by Crippen LogP contribution is 2.45. The zero-order chi connectivity index (χ0) is 14.0. The smallest absolute Gasteiger partial charge is 0.324 e. The Hall–Kier alpha value is -1.54. The number of rotatable bonds is 6. The van der Waals surface area contributed by atoms with Crippen LogP contribution in [0.2, 0.25) is 0 Å². The Labute approximate surface area is 99.5 Å². The molecular weight excluding hydrogens is 260 g/mol. The molecule has 0 bridgehead atoms. The van der Waals surface area contributed by atoms with Gasteiger partial charge in [0, 0.05) is 6.54 Å².